The maximum atomic E-state index is 9.65. The third-order valence-corrected chi connectivity index (χ3v) is 3.63. The molecule has 2 heteroatoms. The molecule has 1 aliphatic carbocycles. The van der Waals surface area contributed by atoms with Gasteiger partial charge in [-0.25, -0.2) is 0 Å². The largest absolute Gasteiger partial charge is 0.507 e. The van der Waals surface area contributed by atoms with Gasteiger partial charge in [-0.3, -0.25) is 0 Å². The number of aromatic hydroxyl groups is 1. The van der Waals surface area contributed by atoms with Gasteiger partial charge in [0.2, 0.25) is 0 Å². The highest BCUT2D eigenvalue weighted by atomic mass is 16.3. The van der Waals surface area contributed by atoms with Crippen LogP contribution in [0.3, 0.4) is 0 Å². The summed E-state index contributed by atoms with van der Waals surface area (Å²) in [6, 6.07) is 7.46. The topological polar surface area (TPSA) is 44.0 Å². The number of benzene rings is 1. The lowest BCUT2D eigenvalue weighted by molar-refractivity contribution is 0.347. The summed E-state index contributed by atoms with van der Waals surface area (Å²) in [5.41, 5.74) is 1.55. The number of rotatable bonds is 1. The Bertz CT molecular complexity index is 411. The van der Waals surface area contributed by atoms with Gasteiger partial charge in [0.15, 0.2) is 0 Å². The molecule has 0 radical (unpaired) electrons. The van der Waals surface area contributed by atoms with E-state index in [0.717, 1.165) is 5.92 Å². The Morgan fingerprint density at radius 1 is 1.25 bits per heavy atom. The van der Waals surface area contributed by atoms with Crippen LogP contribution in [0.4, 0.5) is 0 Å². The molecule has 84 valence electrons. The minimum absolute atomic E-state index is 0.124. The average molecular weight is 215 g/mol. The molecule has 0 heterocycles. The minimum Gasteiger partial charge on any atom is -0.507 e. The smallest absolute Gasteiger partial charge is 0.133 e. The first-order valence-corrected chi connectivity index (χ1v) is 5.93. The van der Waals surface area contributed by atoms with Gasteiger partial charge in [-0.15, -0.1) is 0 Å². The molecule has 1 saturated carbocycles. The summed E-state index contributed by atoms with van der Waals surface area (Å²) in [7, 11) is 0. The van der Waals surface area contributed by atoms with Gasteiger partial charge >= 0.3 is 0 Å². The molecule has 0 spiro atoms. The molecule has 0 bridgehead atoms. The predicted octanol–water partition coefficient (Wildman–Crippen LogP) is 3.56. The van der Waals surface area contributed by atoms with Gasteiger partial charge in [0.1, 0.15) is 11.8 Å². The molecule has 0 aliphatic heterocycles. The van der Waals surface area contributed by atoms with Crippen LogP contribution in [-0.2, 0) is 0 Å². The molecule has 1 fully saturated rings. The SMILES string of the molecule is CC1CCC(c2ccc(C#N)c(O)c2)CC1. The van der Waals surface area contributed by atoms with E-state index in [9.17, 15) is 5.11 Å². The number of nitriles is 1. The van der Waals surface area contributed by atoms with Crippen molar-refractivity contribution in [3.63, 3.8) is 0 Å². The van der Waals surface area contributed by atoms with Crippen molar-refractivity contribution in [1.29, 1.82) is 5.26 Å². The second kappa shape index (κ2) is 4.57. The molecule has 0 atom stereocenters. The first-order chi connectivity index (χ1) is 7.70. The van der Waals surface area contributed by atoms with Crippen LogP contribution < -0.4 is 0 Å². The molecule has 0 saturated heterocycles. The van der Waals surface area contributed by atoms with Crippen LogP contribution in [0.15, 0.2) is 18.2 Å². The maximum absolute atomic E-state index is 9.65. The van der Waals surface area contributed by atoms with Crippen LogP contribution in [0.1, 0.15) is 49.7 Å². The van der Waals surface area contributed by atoms with Gasteiger partial charge in [0, 0.05) is 0 Å². The first-order valence-electron chi connectivity index (χ1n) is 5.93. The molecule has 1 aliphatic rings. The van der Waals surface area contributed by atoms with Crippen molar-refractivity contribution < 1.29 is 5.11 Å². The standard InChI is InChI=1S/C14H17NO/c1-10-2-4-11(5-3-10)12-6-7-13(9-15)14(16)8-12/h6-8,10-11,16H,2-5H2,1H3. The van der Waals surface area contributed by atoms with Crippen LogP contribution in [0.25, 0.3) is 0 Å². The highest BCUT2D eigenvalue weighted by Gasteiger charge is 2.20. The van der Waals surface area contributed by atoms with E-state index < -0.39 is 0 Å². The number of hydrogen-bond donors (Lipinski definition) is 1. The number of hydrogen-bond acceptors (Lipinski definition) is 2. The van der Waals surface area contributed by atoms with Crippen LogP contribution in [-0.4, -0.2) is 5.11 Å². The lowest BCUT2D eigenvalue weighted by Gasteiger charge is -2.26. The first kappa shape index (κ1) is 11.0. The van der Waals surface area contributed by atoms with E-state index >= 15 is 0 Å². The lowest BCUT2D eigenvalue weighted by Crippen LogP contribution is -2.10. The van der Waals surface area contributed by atoms with E-state index in [1.807, 2.05) is 12.1 Å². The fourth-order valence-electron chi connectivity index (χ4n) is 2.49. The van der Waals surface area contributed by atoms with Gasteiger partial charge in [-0.05, 0) is 42.4 Å². The molecule has 1 aromatic rings. The third kappa shape index (κ3) is 2.19. The fourth-order valence-corrected chi connectivity index (χ4v) is 2.49. The van der Waals surface area contributed by atoms with Crippen LogP contribution >= 0.6 is 0 Å². The minimum atomic E-state index is 0.124. The molecule has 2 nitrogen and oxygen atoms in total. The molecule has 0 unspecified atom stereocenters. The van der Waals surface area contributed by atoms with Gasteiger partial charge in [-0.1, -0.05) is 25.8 Å². The number of nitrogens with zero attached hydrogens (tertiary/aromatic N) is 1. The van der Waals surface area contributed by atoms with Crippen molar-refractivity contribution >= 4 is 0 Å². The molecular formula is C14H17NO. The summed E-state index contributed by atoms with van der Waals surface area (Å²) in [5, 5.41) is 18.4. The Hall–Kier alpha value is -1.49. The fraction of sp³-hybridized carbons (Fsp3) is 0.500. The molecular weight excluding hydrogens is 198 g/mol. The van der Waals surface area contributed by atoms with Crippen molar-refractivity contribution in [3.8, 4) is 11.8 Å². The van der Waals surface area contributed by atoms with E-state index in [0.29, 0.717) is 11.5 Å². The zero-order valence-corrected chi connectivity index (χ0v) is 9.61. The van der Waals surface area contributed by atoms with E-state index in [4.69, 9.17) is 5.26 Å². The Morgan fingerprint density at radius 2 is 1.94 bits per heavy atom. The Balaban J connectivity index is 2.16. The summed E-state index contributed by atoms with van der Waals surface area (Å²) >= 11 is 0. The number of phenols is 1. The summed E-state index contributed by atoms with van der Waals surface area (Å²) < 4.78 is 0. The van der Waals surface area contributed by atoms with Gasteiger partial charge in [0.25, 0.3) is 0 Å². The van der Waals surface area contributed by atoms with Crippen molar-refractivity contribution in [2.45, 2.75) is 38.5 Å². The predicted molar refractivity (Wildman–Crippen MR) is 63.2 cm³/mol. The van der Waals surface area contributed by atoms with Gasteiger partial charge < -0.3 is 5.11 Å². The highest BCUT2D eigenvalue weighted by molar-refractivity contribution is 5.45. The summed E-state index contributed by atoms with van der Waals surface area (Å²) in [6.07, 6.45) is 4.94. The Kier molecular flexibility index (Phi) is 3.14. The third-order valence-electron chi connectivity index (χ3n) is 3.63. The molecule has 16 heavy (non-hydrogen) atoms. The summed E-state index contributed by atoms with van der Waals surface area (Å²) in [6.45, 7) is 2.30. The molecule has 0 amide bonds. The maximum Gasteiger partial charge on any atom is 0.133 e. The van der Waals surface area contributed by atoms with Crippen LogP contribution in [0.2, 0.25) is 0 Å². The van der Waals surface area contributed by atoms with Crippen LogP contribution in [0.5, 0.6) is 5.75 Å². The van der Waals surface area contributed by atoms with E-state index in [1.54, 1.807) is 12.1 Å². The summed E-state index contributed by atoms with van der Waals surface area (Å²) in [5.74, 6) is 1.52. The monoisotopic (exact) mass is 215 g/mol. The van der Waals surface area contributed by atoms with Gasteiger partial charge in [-0.2, -0.15) is 5.26 Å². The van der Waals surface area contributed by atoms with E-state index in [2.05, 4.69) is 6.92 Å². The van der Waals surface area contributed by atoms with E-state index in [1.165, 1.54) is 31.2 Å². The van der Waals surface area contributed by atoms with Gasteiger partial charge in [0.05, 0.1) is 5.56 Å². The highest BCUT2D eigenvalue weighted by Crippen LogP contribution is 2.36. The quantitative estimate of drug-likeness (QED) is 0.778. The summed E-state index contributed by atoms with van der Waals surface area (Å²) in [4.78, 5) is 0. The second-order valence-corrected chi connectivity index (χ2v) is 4.85. The Labute approximate surface area is 96.5 Å². The normalized spacial score (nSPS) is 25.0. The molecule has 1 N–H and O–H groups in total. The second-order valence-electron chi connectivity index (χ2n) is 4.85. The van der Waals surface area contributed by atoms with E-state index in [-0.39, 0.29) is 5.75 Å². The zero-order valence-electron chi connectivity index (χ0n) is 9.61. The van der Waals surface area contributed by atoms with Crippen molar-refractivity contribution in [1.82, 2.24) is 0 Å². The average Bonchev–Trinajstić information content (AvgIpc) is 2.30. The van der Waals surface area contributed by atoms with Crippen molar-refractivity contribution in [2.24, 2.45) is 5.92 Å². The Morgan fingerprint density at radius 3 is 2.50 bits per heavy atom. The molecule has 2 rings (SSSR count). The lowest BCUT2D eigenvalue weighted by atomic mass is 9.79. The molecule has 0 aromatic heterocycles. The van der Waals surface area contributed by atoms with Crippen molar-refractivity contribution in [2.75, 3.05) is 0 Å². The van der Waals surface area contributed by atoms with Crippen LogP contribution in [0, 0.1) is 17.2 Å². The number of phenolic OH excluding ortho intramolecular Hbond substituents is 1. The van der Waals surface area contributed by atoms with Crippen molar-refractivity contribution in [3.05, 3.63) is 29.3 Å². The molecule has 1 aromatic carbocycles. The zero-order chi connectivity index (χ0) is 11.5.